The molecule has 0 saturated heterocycles. The highest BCUT2D eigenvalue weighted by Crippen LogP contribution is 2.19. The number of benzene rings is 1. The number of nitrogens with two attached hydrogens (primary N) is 1. The fourth-order valence-corrected chi connectivity index (χ4v) is 1.49. The van der Waals surface area contributed by atoms with E-state index < -0.39 is 5.97 Å². The summed E-state index contributed by atoms with van der Waals surface area (Å²) >= 11 is 0. The number of anilines is 1. The molecular weight excluding hydrogens is 206 g/mol. The minimum Gasteiger partial charge on any atom is -0.462 e. The topological polar surface area (TPSA) is 69.4 Å². The van der Waals surface area contributed by atoms with Gasteiger partial charge in [0.2, 0.25) is 0 Å². The zero-order chi connectivity index (χ0) is 12.1. The maximum absolute atomic E-state index is 11.7. The number of Topliss-reactive ketones (excluding diaryl/α,β-unsaturated/α-hetero) is 1. The Morgan fingerprint density at radius 2 is 2.06 bits per heavy atom. The Balaban J connectivity index is 3.12. The standard InChI is InChI=1S/C12H15NO3/c1-3-16-12(15)11-9(7-8(2)14)5-4-6-10(11)13/h4-6H,3,7,13H2,1-2H3. The molecule has 2 N–H and O–H groups in total. The first-order chi connectivity index (χ1) is 7.56. The maximum atomic E-state index is 11.7. The molecule has 0 spiro atoms. The average molecular weight is 221 g/mol. The van der Waals surface area contributed by atoms with Crippen molar-refractivity contribution < 1.29 is 14.3 Å². The third-order valence-electron chi connectivity index (χ3n) is 2.10. The molecule has 0 saturated carbocycles. The number of hydrogen-bond donors (Lipinski definition) is 1. The maximum Gasteiger partial charge on any atom is 0.340 e. The number of hydrogen-bond acceptors (Lipinski definition) is 4. The number of rotatable bonds is 4. The minimum absolute atomic E-state index is 0.0175. The van der Waals surface area contributed by atoms with Crippen molar-refractivity contribution in [1.29, 1.82) is 0 Å². The molecule has 0 heterocycles. The summed E-state index contributed by atoms with van der Waals surface area (Å²) in [4.78, 5) is 22.7. The van der Waals surface area contributed by atoms with Gasteiger partial charge in [0.25, 0.3) is 0 Å². The highest BCUT2D eigenvalue weighted by molar-refractivity contribution is 5.98. The van der Waals surface area contributed by atoms with Crippen LogP contribution in [0.25, 0.3) is 0 Å². The third-order valence-corrected chi connectivity index (χ3v) is 2.10. The summed E-state index contributed by atoms with van der Waals surface area (Å²) in [5, 5.41) is 0. The van der Waals surface area contributed by atoms with Crippen LogP contribution in [-0.4, -0.2) is 18.4 Å². The number of carbonyl (C=O) groups is 2. The van der Waals surface area contributed by atoms with Gasteiger partial charge in [-0.15, -0.1) is 0 Å². The van der Waals surface area contributed by atoms with Gasteiger partial charge in [-0.2, -0.15) is 0 Å². The van der Waals surface area contributed by atoms with Crippen LogP contribution in [0.4, 0.5) is 5.69 Å². The molecule has 86 valence electrons. The normalized spacial score (nSPS) is 9.88. The molecule has 0 aromatic heterocycles. The van der Waals surface area contributed by atoms with Crippen molar-refractivity contribution >= 4 is 17.4 Å². The van der Waals surface area contributed by atoms with Crippen LogP contribution >= 0.6 is 0 Å². The molecule has 0 atom stereocenters. The first kappa shape index (κ1) is 12.2. The van der Waals surface area contributed by atoms with E-state index in [0.717, 1.165) is 0 Å². The Kier molecular flexibility index (Phi) is 4.05. The summed E-state index contributed by atoms with van der Waals surface area (Å²) in [5.74, 6) is -0.493. The summed E-state index contributed by atoms with van der Waals surface area (Å²) in [7, 11) is 0. The summed E-state index contributed by atoms with van der Waals surface area (Å²) in [6.45, 7) is 3.48. The van der Waals surface area contributed by atoms with Crippen LogP contribution in [0, 0.1) is 0 Å². The van der Waals surface area contributed by atoms with Gasteiger partial charge in [-0.05, 0) is 25.5 Å². The van der Waals surface area contributed by atoms with Crippen LogP contribution in [0.2, 0.25) is 0 Å². The molecule has 1 aromatic carbocycles. The van der Waals surface area contributed by atoms with Crippen molar-refractivity contribution in [2.75, 3.05) is 12.3 Å². The van der Waals surface area contributed by atoms with Gasteiger partial charge < -0.3 is 10.5 Å². The van der Waals surface area contributed by atoms with E-state index in [2.05, 4.69) is 0 Å². The molecule has 4 nitrogen and oxygen atoms in total. The lowest BCUT2D eigenvalue weighted by molar-refractivity contribution is -0.116. The Morgan fingerprint density at radius 1 is 1.38 bits per heavy atom. The quantitative estimate of drug-likeness (QED) is 0.619. The number of carbonyl (C=O) groups excluding carboxylic acids is 2. The van der Waals surface area contributed by atoms with Crippen molar-refractivity contribution in [3.63, 3.8) is 0 Å². The van der Waals surface area contributed by atoms with E-state index in [1.807, 2.05) is 0 Å². The number of ketones is 1. The molecule has 0 aliphatic rings. The first-order valence-corrected chi connectivity index (χ1v) is 5.10. The largest absolute Gasteiger partial charge is 0.462 e. The highest BCUT2D eigenvalue weighted by atomic mass is 16.5. The van der Waals surface area contributed by atoms with E-state index in [-0.39, 0.29) is 18.8 Å². The molecule has 1 rings (SSSR count). The first-order valence-electron chi connectivity index (χ1n) is 5.10. The van der Waals surface area contributed by atoms with Crippen molar-refractivity contribution in [3.05, 3.63) is 29.3 Å². The van der Waals surface area contributed by atoms with E-state index in [4.69, 9.17) is 10.5 Å². The average Bonchev–Trinajstić information content (AvgIpc) is 2.16. The van der Waals surface area contributed by atoms with Gasteiger partial charge in [0.1, 0.15) is 5.78 Å². The lowest BCUT2D eigenvalue weighted by Crippen LogP contribution is -2.13. The molecule has 0 aliphatic carbocycles. The third kappa shape index (κ3) is 2.82. The van der Waals surface area contributed by atoms with Crippen LogP contribution in [0.3, 0.4) is 0 Å². The summed E-state index contributed by atoms with van der Waals surface area (Å²) in [6, 6.07) is 5.05. The van der Waals surface area contributed by atoms with E-state index >= 15 is 0 Å². The second-order valence-corrected chi connectivity index (χ2v) is 3.48. The Hall–Kier alpha value is -1.84. The predicted octanol–water partition coefficient (Wildman–Crippen LogP) is 1.58. The molecule has 4 heteroatoms. The van der Waals surface area contributed by atoms with Gasteiger partial charge in [0.15, 0.2) is 0 Å². The van der Waals surface area contributed by atoms with Gasteiger partial charge in [-0.3, -0.25) is 4.79 Å². The molecule has 0 radical (unpaired) electrons. The van der Waals surface area contributed by atoms with Crippen LogP contribution < -0.4 is 5.73 Å². The van der Waals surface area contributed by atoms with Gasteiger partial charge in [0, 0.05) is 12.1 Å². The zero-order valence-electron chi connectivity index (χ0n) is 9.45. The van der Waals surface area contributed by atoms with Crippen molar-refractivity contribution in [2.45, 2.75) is 20.3 Å². The second-order valence-electron chi connectivity index (χ2n) is 3.48. The summed E-state index contributed by atoms with van der Waals surface area (Å²) in [6.07, 6.45) is 0.194. The SMILES string of the molecule is CCOC(=O)c1c(N)cccc1CC(C)=O. The van der Waals surface area contributed by atoms with Crippen LogP contribution in [0.15, 0.2) is 18.2 Å². The Labute approximate surface area is 94.4 Å². The number of esters is 1. The van der Waals surface area contributed by atoms with Crippen LogP contribution in [0.5, 0.6) is 0 Å². The zero-order valence-corrected chi connectivity index (χ0v) is 9.45. The molecule has 16 heavy (non-hydrogen) atoms. The van der Waals surface area contributed by atoms with Crippen LogP contribution in [-0.2, 0) is 16.0 Å². The molecule has 0 aliphatic heterocycles. The smallest absolute Gasteiger partial charge is 0.340 e. The fraction of sp³-hybridized carbons (Fsp3) is 0.333. The highest BCUT2D eigenvalue weighted by Gasteiger charge is 2.16. The van der Waals surface area contributed by atoms with E-state index in [0.29, 0.717) is 16.8 Å². The summed E-state index contributed by atoms with van der Waals surface area (Å²) < 4.78 is 4.90. The van der Waals surface area contributed by atoms with Gasteiger partial charge >= 0.3 is 5.97 Å². The molecule has 1 aromatic rings. The molecule has 0 amide bonds. The monoisotopic (exact) mass is 221 g/mol. The second kappa shape index (κ2) is 5.30. The lowest BCUT2D eigenvalue weighted by Gasteiger charge is -2.09. The Morgan fingerprint density at radius 3 is 2.62 bits per heavy atom. The molecule has 0 unspecified atom stereocenters. The van der Waals surface area contributed by atoms with Crippen molar-refractivity contribution in [1.82, 2.24) is 0 Å². The lowest BCUT2D eigenvalue weighted by atomic mass is 10.0. The number of ether oxygens (including phenoxy) is 1. The van der Waals surface area contributed by atoms with Crippen molar-refractivity contribution in [2.24, 2.45) is 0 Å². The predicted molar refractivity (Wildman–Crippen MR) is 61.2 cm³/mol. The van der Waals surface area contributed by atoms with Gasteiger partial charge in [0.05, 0.1) is 12.2 Å². The van der Waals surface area contributed by atoms with E-state index in [1.165, 1.54) is 6.92 Å². The molecular formula is C12H15NO3. The number of nitrogen functional groups attached to an aromatic ring is 1. The Bertz CT molecular complexity index is 413. The molecule has 0 bridgehead atoms. The van der Waals surface area contributed by atoms with Crippen molar-refractivity contribution in [3.8, 4) is 0 Å². The van der Waals surface area contributed by atoms with Gasteiger partial charge in [-0.25, -0.2) is 4.79 Å². The van der Waals surface area contributed by atoms with Crippen LogP contribution in [0.1, 0.15) is 29.8 Å². The summed E-state index contributed by atoms with van der Waals surface area (Å²) in [5.41, 5.74) is 6.98. The van der Waals surface area contributed by atoms with E-state index in [9.17, 15) is 9.59 Å². The minimum atomic E-state index is -0.475. The molecule has 0 fully saturated rings. The van der Waals surface area contributed by atoms with Gasteiger partial charge in [-0.1, -0.05) is 12.1 Å². The van der Waals surface area contributed by atoms with E-state index in [1.54, 1.807) is 25.1 Å². The fourth-order valence-electron chi connectivity index (χ4n) is 1.49.